The van der Waals surface area contributed by atoms with Crippen LogP contribution in [0, 0.1) is 0 Å². The Morgan fingerprint density at radius 1 is 1.11 bits per heavy atom. The molecular formula is C9H15F7OS. The van der Waals surface area contributed by atoms with Crippen LogP contribution in [0.2, 0.25) is 0 Å². The Bertz CT molecular complexity index is 312. The van der Waals surface area contributed by atoms with Crippen molar-refractivity contribution in [1.82, 2.24) is 0 Å². The van der Waals surface area contributed by atoms with Crippen LogP contribution in [0.4, 0.5) is 28.7 Å². The van der Waals surface area contributed by atoms with Crippen LogP contribution >= 0.6 is 10.3 Å². The van der Waals surface area contributed by atoms with Gasteiger partial charge in [0.15, 0.2) is 0 Å². The number of hydrogen-bond acceptors (Lipinski definition) is 1. The highest BCUT2D eigenvalue weighted by molar-refractivity contribution is 8.32. The maximum atomic E-state index is 13.2. The fourth-order valence-corrected chi connectivity index (χ4v) is 1.94. The number of unbranched alkanes of at least 4 members (excludes halogenated alkanes) is 1. The highest BCUT2D eigenvalue weighted by Gasteiger charge is 2.50. The van der Waals surface area contributed by atoms with Crippen LogP contribution in [0.25, 0.3) is 0 Å². The molecule has 0 aliphatic rings. The van der Waals surface area contributed by atoms with Crippen molar-refractivity contribution in [1.29, 1.82) is 0 Å². The topological polar surface area (TPSA) is 9.23 Å². The molecule has 18 heavy (non-hydrogen) atoms. The Morgan fingerprint density at radius 3 is 2.06 bits per heavy atom. The van der Waals surface area contributed by atoms with E-state index in [1.54, 1.807) is 6.92 Å². The van der Waals surface area contributed by atoms with E-state index < -0.39 is 47.4 Å². The zero-order valence-corrected chi connectivity index (χ0v) is 10.5. The number of ether oxygens (including phenoxy) is 1. The average molecular weight is 304 g/mol. The fourth-order valence-electron chi connectivity index (χ4n) is 1.12. The summed E-state index contributed by atoms with van der Waals surface area (Å²) in [6, 6.07) is 0. The van der Waals surface area contributed by atoms with E-state index in [4.69, 9.17) is 0 Å². The molecule has 0 saturated heterocycles. The number of hydrogen-bond donors (Lipinski definition) is 0. The standard InChI is InChI=1S/C9H15F7OS/c1-2-3-7-17-8(18(13,14,15)16)9(11,12)5-4-6-10/h2-7H2,1H3. The molecule has 0 aliphatic carbocycles. The molecule has 0 saturated carbocycles. The van der Waals surface area contributed by atoms with E-state index in [2.05, 4.69) is 4.74 Å². The Labute approximate surface area is 101 Å². The third-order valence-electron chi connectivity index (χ3n) is 1.93. The molecule has 0 fully saturated rings. The van der Waals surface area contributed by atoms with Gasteiger partial charge in [-0.2, -0.15) is 8.78 Å². The Hall–Kier alpha value is -0.310. The molecule has 0 N–H and O–H groups in total. The lowest BCUT2D eigenvalue weighted by atomic mass is 10.2. The van der Waals surface area contributed by atoms with E-state index in [1.807, 2.05) is 0 Å². The summed E-state index contributed by atoms with van der Waals surface area (Å²) in [5.41, 5.74) is 0. The summed E-state index contributed by atoms with van der Waals surface area (Å²) in [5.74, 6) is -4.53. The predicted molar refractivity (Wildman–Crippen MR) is 58.0 cm³/mol. The van der Waals surface area contributed by atoms with Crippen LogP contribution in [0.3, 0.4) is 0 Å². The summed E-state index contributed by atoms with van der Waals surface area (Å²) in [6.45, 7) is -0.245. The van der Waals surface area contributed by atoms with E-state index >= 15 is 0 Å². The van der Waals surface area contributed by atoms with Gasteiger partial charge in [0.2, 0.25) is 5.05 Å². The van der Waals surface area contributed by atoms with Gasteiger partial charge in [-0.15, -0.1) is 15.5 Å². The van der Waals surface area contributed by atoms with Gasteiger partial charge in [-0.1, -0.05) is 13.3 Å². The van der Waals surface area contributed by atoms with Crippen molar-refractivity contribution in [3.05, 3.63) is 0 Å². The van der Waals surface area contributed by atoms with Gasteiger partial charge < -0.3 is 4.74 Å². The van der Waals surface area contributed by atoms with Crippen LogP contribution in [0.15, 0.2) is 0 Å². The van der Waals surface area contributed by atoms with Crippen LogP contribution < -0.4 is 0 Å². The van der Waals surface area contributed by atoms with Gasteiger partial charge in [-0.3, -0.25) is 4.39 Å². The van der Waals surface area contributed by atoms with Gasteiger partial charge in [-0.05, 0) is 12.8 Å². The van der Waals surface area contributed by atoms with E-state index in [9.17, 15) is 28.7 Å². The molecule has 112 valence electrons. The number of halogens is 7. The maximum absolute atomic E-state index is 13.2. The van der Waals surface area contributed by atoms with Gasteiger partial charge in [-0.25, -0.2) is 0 Å². The Balaban J connectivity index is 5.19. The molecule has 0 spiro atoms. The first-order valence-corrected chi connectivity index (χ1v) is 6.91. The van der Waals surface area contributed by atoms with Gasteiger partial charge in [0.1, 0.15) is 0 Å². The third kappa shape index (κ3) is 6.03. The van der Waals surface area contributed by atoms with Crippen molar-refractivity contribution in [2.45, 2.75) is 38.5 Å². The molecule has 0 radical (unpaired) electrons. The molecule has 0 aromatic rings. The largest absolute Gasteiger partial charge is 0.332 e. The highest BCUT2D eigenvalue weighted by atomic mass is 32.4. The lowest BCUT2D eigenvalue weighted by Gasteiger charge is -2.25. The second-order valence-corrected chi connectivity index (χ2v) is 5.33. The van der Waals surface area contributed by atoms with Crippen molar-refractivity contribution in [3.63, 3.8) is 0 Å². The maximum Gasteiger partial charge on any atom is 0.307 e. The molecule has 0 unspecified atom stereocenters. The van der Waals surface area contributed by atoms with Crippen molar-refractivity contribution >= 4 is 15.3 Å². The first-order valence-electron chi connectivity index (χ1n) is 5.27. The minimum atomic E-state index is -8.41. The Morgan fingerprint density at radius 2 is 1.67 bits per heavy atom. The predicted octanol–water partition coefficient (Wildman–Crippen LogP) is 5.20. The van der Waals surface area contributed by atoms with E-state index in [-0.39, 0.29) is 6.42 Å². The van der Waals surface area contributed by atoms with Crippen LogP contribution in [-0.2, 0) is 4.74 Å². The lowest BCUT2D eigenvalue weighted by molar-refractivity contribution is 0.0368. The van der Waals surface area contributed by atoms with Crippen molar-refractivity contribution in [2.24, 2.45) is 0 Å². The summed E-state index contributed by atoms with van der Waals surface area (Å²) in [7, 11) is -8.41. The van der Waals surface area contributed by atoms with E-state index in [1.165, 1.54) is 0 Å². The normalized spacial score (nSPS) is 15.2. The molecule has 0 aliphatic heterocycles. The Kier molecular flexibility index (Phi) is 6.12. The SMILES string of the molecule is CCCCOC(C(F)(F)CCCF)=S(F)(F)(F)F. The summed E-state index contributed by atoms with van der Waals surface area (Å²) >= 11 is 0. The van der Waals surface area contributed by atoms with Crippen molar-refractivity contribution in [3.8, 4) is 0 Å². The van der Waals surface area contributed by atoms with Crippen molar-refractivity contribution in [2.75, 3.05) is 13.3 Å². The minimum Gasteiger partial charge on any atom is -0.332 e. The summed E-state index contributed by atoms with van der Waals surface area (Å²) in [4.78, 5) is 0. The average Bonchev–Trinajstić information content (AvgIpc) is 2.18. The molecule has 9 heteroatoms. The van der Waals surface area contributed by atoms with Gasteiger partial charge in [0, 0.05) is 6.42 Å². The third-order valence-corrected chi connectivity index (χ3v) is 2.91. The number of alkyl halides is 3. The fraction of sp³-hybridized carbons (Fsp3) is 0.889. The molecule has 0 amide bonds. The zero-order chi connectivity index (χ0) is 14.5. The van der Waals surface area contributed by atoms with Crippen LogP contribution in [0.5, 0.6) is 0 Å². The van der Waals surface area contributed by atoms with E-state index in [0.29, 0.717) is 6.42 Å². The smallest absolute Gasteiger partial charge is 0.307 e. The molecule has 1 nitrogen and oxygen atoms in total. The molecule has 0 heterocycles. The zero-order valence-electron chi connectivity index (χ0n) is 9.70. The minimum absolute atomic E-state index is 0.0889. The van der Waals surface area contributed by atoms with Gasteiger partial charge in [0.05, 0.1) is 13.3 Å². The van der Waals surface area contributed by atoms with Crippen molar-refractivity contribution < 1.29 is 33.5 Å². The first-order chi connectivity index (χ1) is 8.01. The highest BCUT2D eigenvalue weighted by Crippen LogP contribution is 2.69. The molecule has 0 atom stereocenters. The quantitative estimate of drug-likeness (QED) is 0.357. The second kappa shape index (κ2) is 6.23. The monoisotopic (exact) mass is 304 g/mol. The van der Waals surface area contributed by atoms with Gasteiger partial charge in [0.25, 0.3) is 0 Å². The summed E-state index contributed by atoms with van der Waals surface area (Å²) in [5, 5.41) is -2.79. The molecule has 0 rings (SSSR count). The lowest BCUT2D eigenvalue weighted by Crippen LogP contribution is -2.33. The summed E-state index contributed by atoms with van der Waals surface area (Å²) < 4.78 is 91.9. The van der Waals surface area contributed by atoms with Gasteiger partial charge >= 0.3 is 16.2 Å². The summed E-state index contributed by atoms with van der Waals surface area (Å²) in [6.07, 6.45) is -1.73. The van der Waals surface area contributed by atoms with E-state index in [0.717, 1.165) is 0 Å². The molecule has 0 aromatic carbocycles. The molecule has 0 aromatic heterocycles. The van der Waals surface area contributed by atoms with Crippen LogP contribution in [-0.4, -0.2) is 24.3 Å². The van der Waals surface area contributed by atoms with Crippen LogP contribution in [0.1, 0.15) is 32.6 Å². The second-order valence-electron chi connectivity index (χ2n) is 3.64. The first kappa shape index (κ1) is 17.7. The molecular weight excluding hydrogens is 289 g/mol. The number of rotatable bonds is 7. The molecule has 0 bridgehead atoms.